The Morgan fingerprint density at radius 1 is 1.60 bits per heavy atom. The average molecular weight is 212 g/mol. The van der Waals surface area contributed by atoms with Gasteiger partial charge in [-0.05, 0) is 17.4 Å². The van der Waals surface area contributed by atoms with E-state index in [9.17, 15) is 9.59 Å². The molecule has 0 atom stereocenters. The van der Waals surface area contributed by atoms with Gasteiger partial charge in [-0.1, -0.05) is 6.58 Å². The van der Waals surface area contributed by atoms with E-state index in [2.05, 4.69) is 31.6 Å². The number of hydrogen-bond donors (Lipinski definition) is 0. The van der Waals surface area contributed by atoms with Crippen molar-refractivity contribution in [3.8, 4) is 0 Å². The normalized spacial score (nSPS) is 9.40. The highest BCUT2D eigenvalue weighted by atomic mass is 16.6. The summed E-state index contributed by atoms with van der Waals surface area (Å²) in [5, 5.41) is 9.76. The van der Waals surface area contributed by atoms with Crippen LogP contribution in [0.25, 0.3) is 0 Å². The highest BCUT2D eigenvalue weighted by molar-refractivity contribution is 5.89. The van der Waals surface area contributed by atoms with Crippen molar-refractivity contribution in [2.24, 2.45) is 0 Å². The molecule has 80 valence electrons. The van der Waals surface area contributed by atoms with E-state index in [1.54, 1.807) is 6.92 Å². The topological polar surface area (TPSA) is 96.2 Å². The highest BCUT2D eigenvalue weighted by Crippen LogP contribution is 1.97. The van der Waals surface area contributed by atoms with Crippen LogP contribution in [0.2, 0.25) is 0 Å². The van der Waals surface area contributed by atoms with E-state index in [1.165, 1.54) is 0 Å². The van der Waals surface area contributed by atoms with Crippen LogP contribution < -0.4 is 0 Å². The van der Waals surface area contributed by atoms with E-state index >= 15 is 0 Å². The van der Waals surface area contributed by atoms with Crippen molar-refractivity contribution in [2.75, 3.05) is 6.61 Å². The predicted octanol–water partition coefficient (Wildman–Crippen LogP) is -0.0220. The summed E-state index contributed by atoms with van der Waals surface area (Å²) in [6, 6.07) is 0. The standard InChI is InChI=1S/C7H8N4O4/c1-3-14-6(12)5-8-9-10-11(5)7(13)15-4-2/h4H,2-3H2,1H3. The Balaban J connectivity index is 2.90. The van der Waals surface area contributed by atoms with Gasteiger partial charge < -0.3 is 9.47 Å². The maximum Gasteiger partial charge on any atom is 0.443 e. The molecular formula is C7H8N4O4. The summed E-state index contributed by atoms with van der Waals surface area (Å²) in [4.78, 5) is 22.4. The van der Waals surface area contributed by atoms with Crippen LogP contribution in [0.4, 0.5) is 4.79 Å². The Labute approximate surface area is 84.5 Å². The van der Waals surface area contributed by atoms with Crippen molar-refractivity contribution >= 4 is 12.1 Å². The number of carbonyl (C=O) groups excluding carboxylic acids is 2. The first kappa shape index (κ1) is 10.8. The molecule has 0 saturated heterocycles. The molecule has 0 fully saturated rings. The number of tetrazole rings is 1. The fourth-order valence-corrected chi connectivity index (χ4v) is 0.754. The van der Waals surface area contributed by atoms with Gasteiger partial charge in [0.15, 0.2) is 0 Å². The minimum atomic E-state index is -0.932. The summed E-state index contributed by atoms with van der Waals surface area (Å²) < 4.78 is 9.60. The Bertz CT molecular complexity index is 386. The third kappa shape index (κ3) is 2.36. The zero-order valence-corrected chi connectivity index (χ0v) is 7.91. The van der Waals surface area contributed by atoms with Crippen molar-refractivity contribution in [3.63, 3.8) is 0 Å². The summed E-state index contributed by atoms with van der Waals surface area (Å²) in [5.41, 5.74) is 0. The lowest BCUT2D eigenvalue weighted by atomic mass is 10.6. The van der Waals surface area contributed by atoms with Crippen molar-refractivity contribution in [2.45, 2.75) is 6.92 Å². The molecule has 0 amide bonds. The molecule has 0 aliphatic rings. The molecule has 0 saturated carbocycles. The molecule has 1 rings (SSSR count). The predicted molar refractivity (Wildman–Crippen MR) is 45.8 cm³/mol. The number of carbonyl (C=O) groups is 2. The molecule has 1 heterocycles. The first-order chi connectivity index (χ1) is 7.20. The van der Waals surface area contributed by atoms with Gasteiger partial charge in [0.1, 0.15) is 0 Å². The zero-order chi connectivity index (χ0) is 11.3. The molecule has 0 aliphatic heterocycles. The third-order valence-corrected chi connectivity index (χ3v) is 1.28. The van der Waals surface area contributed by atoms with Gasteiger partial charge in [0, 0.05) is 0 Å². The van der Waals surface area contributed by atoms with Gasteiger partial charge in [0.25, 0.3) is 5.82 Å². The van der Waals surface area contributed by atoms with Gasteiger partial charge in [-0.15, -0.1) is 9.78 Å². The first-order valence-corrected chi connectivity index (χ1v) is 3.98. The second-order valence-electron chi connectivity index (χ2n) is 2.19. The maximum atomic E-state index is 11.2. The molecule has 15 heavy (non-hydrogen) atoms. The van der Waals surface area contributed by atoms with Crippen LogP contribution in [0.1, 0.15) is 17.5 Å². The fourth-order valence-electron chi connectivity index (χ4n) is 0.754. The smallest absolute Gasteiger partial charge is 0.443 e. The van der Waals surface area contributed by atoms with Crippen LogP contribution in [0.5, 0.6) is 0 Å². The minimum absolute atomic E-state index is 0.155. The van der Waals surface area contributed by atoms with Crippen LogP contribution in [-0.4, -0.2) is 38.9 Å². The fraction of sp³-hybridized carbons (Fsp3) is 0.286. The molecule has 1 aromatic rings. The number of esters is 1. The summed E-state index contributed by atoms with van der Waals surface area (Å²) >= 11 is 0. The monoisotopic (exact) mass is 212 g/mol. The van der Waals surface area contributed by atoms with E-state index in [1.807, 2.05) is 0 Å². The third-order valence-electron chi connectivity index (χ3n) is 1.28. The lowest BCUT2D eigenvalue weighted by Gasteiger charge is -2.00. The molecule has 0 aromatic carbocycles. The number of nitrogens with zero attached hydrogens (tertiary/aromatic N) is 4. The van der Waals surface area contributed by atoms with Gasteiger partial charge in [0.2, 0.25) is 0 Å². The largest absolute Gasteiger partial charge is 0.460 e. The van der Waals surface area contributed by atoms with E-state index < -0.39 is 12.1 Å². The Morgan fingerprint density at radius 3 is 2.93 bits per heavy atom. The molecule has 0 aliphatic carbocycles. The van der Waals surface area contributed by atoms with E-state index in [-0.39, 0.29) is 12.4 Å². The molecule has 0 unspecified atom stereocenters. The second kappa shape index (κ2) is 4.84. The number of ether oxygens (including phenoxy) is 2. The summed E-state index contributed by atoms with van der Waals surface area (Å²) in [7, 11) is 0. The number of hydrogen-bond acceptors (Lipinski definition) is 7. The molecule has 0 N–H and O–H groups in total. The zero-order valence-electron chi connectivity index (χ0n) is 7.91. The van der Waals surface area contributed by atoms with Crippen molar-refractivity contribution in [1.82, 2.24) is 20.2 Å². The van der Waals surface area contributed by atoms with E-state index in [0.717, 1.165) is 6.26 Å². The minimum Gasteiger partial charge on any atom is -0.460 e. The van der Waals surface area contributed by atoms with Crippen LogP contribution in [0.15, 0.2) is 12.8 Å². The van der Waals surface area contributed by atoms with Crippen LogP contribution in [0.3, 0.4) is 0 Å². The molecule has 0 bridgehead atoms. The molecule has 8 nitrogen and oxygen atoms in total. The number of rotatable bonds is 3. The molecule has 0 radical (unpaired) electrons. The van der Waals surface area contributed by atoms with Gasteiger partial charge >= 0.3 is 12.1 Å². The van der Waals surface area contributed by atoms with Crippen LogP contribution in [0, 0.1) is 0 Å². The number of aromatic nitrogens is 4. The second-order valence-corrected chi connectivity index (χ2v) is 2.19. The van der Waals surface area contributed by atoms with Gasteiger partial charge in [-0.25, -0.2) is 9.59 Å². The van der Waals surface area contributed by atoms with Crippen molar-refractivity contribution in [3.05, 3.63) is 18.7 Å². The summed E-state index contributed by atoms with van der Waals surface area (Å²) in [6.07, 6.45) is -0.0306. The first-order valence-electron chi connectivity index (χ1n) is 3.98. The molecule has 1 aromatic heterocycles. The van der Waals surface area contributed by atoms with Crippen LogP contribution >= 0.6 is 0 Å². The Morgan fingerprint density at radius 2 is 2.33 bits per heavy atom. The average Bonchev–Trinajstić information content (AvgIpc) is 2.66. The maximum absolute atomic E-state index is 11.2. The van der Waals surface area contributed by atoms with Gasteiger partial charge in [-0.2, -0.15) is 0 Å². The molecule has 8 heteroatoms. The van der Waals surface area contributed by atoms with Gasteiger partial charge in [0.05, 0.1) is 12.9 Å². The summed E-state index contributed by atoms with van der Waals surface area (Å²) in [6.45, 7) is 4.95. The quantitative estimate of drug-likeness (QED) is 0.394. The SMILES string of the molecule is C=COC(=O)n1nnnc1C(=O)OCC. The molecular weight excluding hydrogens is 204 g/mol. The Kier molecular flexibility index (Phi) is 3.49. The van der Waals surface area contributed by atoms with Crippen molar-refractivity contribution in [1.29, 1.82) is 0 Å². The summed E-state index contributed by atoms with van der Waals surface area (Å²) in [5.74, 6) is -1.15. The Hall–Kier alpha value is -2.25. The highest BCUT2D eigenvalue weighted by Gasteiger charge is 2.21. The van der Waals surface area contributed by atoms with Crippen LogP contribution in [-0.2, 0) is 9.47 Å². The molecule has 0 spiro atoms. The lowest BCUT2D eigenvalue weighted by molar-refractivity contribution is 0.0504. The van der Waals surface area contributed by atoms with E-state index in [4.69, 9.17) is 0 Å². The van der Waals surface area contributed by atoms with Gasteiger partial charge in [-0.3, -0.25) is 0 Å². The van der Waals surface area contributed by atoms with E-state index in [0.29, 0.717) is 4.68 Å². The lowest BCUT2D eigenvalue weighted by Crippen LogP contribution is -2.20. The van der Waals surface area contributed by atoms with Crippen molar-refractivity contribution < 1.29 is 19.1 Å².